The summed E-state index contributed by atoms with van der Waals surface area (Å²) < 4.78 is 17.5. The third kappa shape index (κ3) is 6.79. The Bertz CT molecular complexity index is 1360. The second-order valence-electron chi connectivity index (χ2n) is 9.22. The topological polar surface area (TPSA) is 101 Å². The number of carbonyl (C=O) groups excluding carboxylic acids is 1. The first-order valence-corrected chi connectivity index (χ1v) is 14.3. The summed E-state index contributed by atoms with van der Waals surface area (Å²) in [7, 11) is -4.13. The molecule has 0 fully saturated rings. The molecule has 0 saturated carbocycles. The van der Waals surface area contributed by atoms with Gasteiger partial charge in [-0.05, 0) is 34.4 Å². The summed E-state index contributed by atoms with van der Waals surface area (Å²) in [5, 5.41) is 2.08. The maximum absolute atomic E-state index is 13.2. The van der Waals surface area contributed by atoms with Crippen LogP contribution in [0.3, 0.4) is 0 Å². The number of carbonyl (C=O) groups is 1. The van der Waals surface area contributed by atoms with Crippen molar-refractivity contribution in [2.45, 2.75) is 58.0 Å². The van der Waals surface area contributed by atoms with Crippen molar-refractivity contribution in [2.75, 3.05) is 0 Å². The van der Waals surface area contributed by atoms with Crippen LogP contribution in [-0.4, -0.2) is 20.6 Å². The van der Waals surface area contributed by atoms with Crippen LogP contribution in [0.15, 0.2) is 71.1 Å². The molecule has 4 aromatic rings. The summed E-state index contributed by atoms with van der Waals surface area (Å²) in [6.45, 7) is 2.17. The van der Waals surface area contributed by atoms with Gasteiger partial charge in [-0.3, -0.25) is 9.36 Å². The fourth-order valence-electron chi connectivity index (χ4n) is 4.41. The van der Waals surface area contributed by atoms with Crippen molar-refractivity contribution in [3.8, 4) is 11.5 Å². The molecule has 1 heterocycles. The minimum Gasteiger partial charge on any atom is -0.440 e. The van der Waals surface area contributed by atoms with Crippen molar-refractivity contribution >= 4 is 24.2 Å². The molecule has 0 saturated heterocycles. The summed E-state index contributed by atoms with van der Waals surface area (Å²) in [5.74, 6) is 0.920. The number of unbranched alkanes of at least 4 members (excludes halogenated alkanes) is 4. The summed E-state index contributed by atoms with van der Waals surface area (Å²) in [5.41, 5.74) is 2.65. The Hall–Kier alpha value is -3.05. The molecule has 3 aromatic carbocycles. The standard InChI is InChI=1S/C29H32NO5P/c1-2-3-4-5-6-14-26(31)28-27(19-21-15-17-22(18-16-21)20-36(32,33)34)35-29(30-28)25-13-9-11-23-10-7-8-12-24(23)25/h7-13,15-18H,2-6,14,19-20H2,1H3,(H2,32,33,34). The lowest BCUT2D eigenvalue weighted by Crippen LogP contribution is -2.04. The molecule has 1 aromatic heterocycles. The van der Waals surface area contributed by atoms with Gasteiger partial charge < -0.3 is 14.2 Å². The van der Waals surface area contributed by atoms with Crippen LogP contribution < -0.4 is 0 Å². The molecule has 0 bridgehead atoms. The van der Waals surface area contributed by atoms with Crippen molar-refractivity contribution < 1.29 is 23.6 Å². The molecule has 0 aliphatic carbocycles. The zero-order valence-corrected chi connectivity index (χ0v) is 21.4. The summed E-state index contributed by atoms with van der Waals surface area (Å²) >= 11 is 0. The number of ketones is 1. The molecule has 0 amide bonds. The highest BCUT2D eigenvalue weighted by Gasteiger charge is 2.22. The first-order valence-electron chi connectivity index (χ1n) is 12.5. The van der Waals surface area contributed by atoms with Crippen LogP contribution in [0.4, 0.5) is 0 Å². The third-order valence-electron chi connectivity index (χ3n) is 6.27. The number of rotatable bonds is 12. The van der Waals surface area contributed by atoms with E-state index in [4.69, 9.17) is 4.42 Å². The molecule has 6 nitrogen and oxygen atoms in total. The Morgan fingerprint density at radius 2 is 1.58 bits per heavy atom. The van der Waals surface area contributed by atoms with Crippen molar-refractivity contribution in [2.24, 2.45) is 0 Å². The zero-order valence-electron chi connectivity index (χ0n) is 20.5. The van der Waals surface area contributed by atoms with E-state index in [0.29, 0.717) is 35.7 Å². The lowest BCUT2D eigenvalue weighted by Gasteiger charge is -2.06. The Morgan fingerprint density at radius 3 is 2.33 bits per heavy atom. The molecule has 4 rings (SSSR count). The summed E-state index contributed by atoms with van der Waals surface area (Å²) in [6.07, 6.45) is 5.79. The highest BCUT2D eigenvalue weighted by Crippen LogP contribution is 2.39. The van der Waals surface area contributed by atoms with Gasteiger partial charge >= 0.3 is 7.60 Å². The first kappa shape index (κ1) is 26.0. The van der Waals surface area contributed by atoms with E-state index in [9.17, 15) is 19.1 Å². The number of aromatic nitrogens is 1. The fraction of sp³-hybridized carbons (Fsp3) is 0.310. The molecule has 0 unspecified atom stereocenters. The number of benzene rings is 3. The van der Waals surface area contributed by atoms with Crippen LogP contribution in [0.2, 0.25) is 0 Å². The van der Waals surface area contributed by atoms with Crippen LogP contribution in [0, 0.1) is 0 Å². The van der Waals surface area contributed by atoms with Gasteiger partial charge in [0, 0.05) is 18.4 Å². The molecule has 0 spiro atoms. The fourth-order valence-corrected chi connectivity index (χ4v) is 5.10. The van der Waals surface area contributed by atoms with E-state index in [-0.39, 0.29) is 11.9 Å². The van der Waals surface area contributed by atoms with E-state index >= 15 is 0 Å². The Labute approximate surface area is 211 Å². The molecule has 0 radical (unpaired) electrons. The van der Waals surface area contributed by atoms with Crippen LogP contribution in [-0.2, 0) is 17.1 Å². The second kappa shape index (κ2) is 11.8. The van der Waals surface area contributed by atoms with Gasteiger partial charge in [0.05, 0.1) is 6.16 Å². The molecule has 36 heavy (non-hydrogen) atoms. The van der Waals surface area contributed by atoms with Gasteiger partial charge in [-0.2, -0.15) is 0 Å². The number of hydrogen-bond donors (Lipinski definition) is 2. The van der Waals surface area contributed by atoms with Gasteiger partial charge in [0.2, 0.25) is 5.89 Å². The van der Waals surface area contributed by atoms with E-state index in [1.165, 1.54) is 6.42 Å². The monoisotopic (exact) mass is 505 g/mol. The van der Waals surface area contributed by atoms with Crippen molar-refractivity contribution in [3.63, 3.8) is 0 Å². The van der Waals surface area contributed by atoms with Crippen molar-refractivity contribution in [1.82, 2.24) is 4.98 Å². The molecular formula is C29H32NO5P. The summed E-state index contributed by atoms with van der Waals surface area (Å²) in [6, 6.07) is 21.0. The number of nitrogens with zero attached hydrogens (tertiary/aromatic N) is 1. The molecule has 0 atom stereocenters. The molecule has 2 N–H and O–H groups in total. The van der Waals surface area contributed by atoms with E-state index in [1.807, 2.05) is 54.6 Å². The van der Waals surface area contributed by atoms with E-state index in [2.05, 4.69) is 11.9 Å². The van der Waals surface area contributed by atoms with Crippen molar-refractivity contribution in [3.05, 3.63) is 89.3 Å². The Kier molecular flexibility index (Phi) is 8.52. The number of fused-ring (bicyclic) bond motifs is 1. The normalized spacial score (nSPS) is 11.8. The highest BCUT2D eigenvalue weighted by atomic mass is 31.2. The molecular weight excluding hydrogens is 473 g/mol. The van der Waals surface area contributed by atoms with Gasteiger partial charge in [-0.1, -0.05) is 93.3 Å². The maximum atomic E-state index is 13.2. The Balaban J connectivity index is 1.63. The van der Waals surface area contributed by atoms with Gasteiger partial charge in [0.1, 0.15) is 11.5 Å². The summed E-state index contributed by atoms with van der Waals surface area (Å²) in [4.78, 5) is 36.3. The zero-order chi connectivity index (χ0) is 25.5. The largest absolute Gasteiger partial charge is 0.440 e. The minimum absolute atomic E-state index is 0.0187. The van der Waals surface area contributed by atoms with Gasteiger partial charge in [-0.25, -0.2) is 4.98 Å². The quantitative estimate of drug-likeness (QED) is 0.119. The minimum atomic E-state index is -4.13. The van der Waals surface area contributed by atoms with E-state index < -0.39 is 7.60 Å². The van der Waals surface area contributed by atoms with Gasteiger partial charge in [0.15, 0.2) is 5.78 Å². The smallest absolute Gasteiger partial charge is 0.329 e. The van der Waals surface area contributed by atoms with Gasteiger partial charge in [0.25, 0.3) is 0 Å². The lowest BCUT2D eigenvalue weighted by atomic mass is 10.0. The Morgan fingerprint density at radius 1 is 0.889 bits per heavy atom. The van der Waals surface area contributed by atoms with E-state index in [0.717, 1.165) is 47.6 Å². The average Bonchev–Trinajstić information content (AvgIpc) is 3.27. The van der Waals surface area contributed by atoms with Gasteiger partial charge in [-0.15, -0.1) is 0 Å². The predicted octanol–water partition coefficient (Wildman–Crippen LogP) is 7.31. The SMILES string of the molecule is CCCCCCCC(=O)c1nc(-c2cccc3ccccc23)oc1Cc1ccc(CP(=O)(O)O)cc1. The second-order valence-corrected chi connectivity index (χ2v) is 10.9. The number of oxazole rings is 1. The predicted molar refractivity (Wildman–Crippen MR) is 142 cm³/mol. The molecule has 7 heteroatoms. The maximum Gasteiger partial charge on any atom is 0.329 e. The van der Waals surface area contributed by atoms with Crippen LogP contribution in [0.1, 0.15) is 72.8 Å². The number of Topliss-reactive ketones (excluding diaryl/α,β-unsaturated/α-hetero) is 1. The van der Waals surface area contributed by atoms with Crippen LogP contribution >= 0.6 is 7.60 Å². The average molecular weight is 506 g/mol. The number of hydrogen-bond acceptors (Lipinski definition) is 4. The van der Waals surface area contributed by atoms with Crippen LogP contribution in [0.25, 0.3) is 22.2 Å². The van der Waals surface area contributed by atoms with Crippen LogP contribution in [0.5, 0.6) is 0 Å². The molecule has 188 valence electrons. The lowest BCUT2D eigenvalue weighted by molar-refractivity contribution is 0.0973. The third-order valence-corrected chi connectivity index (χ3v) is 7.04. The van der Waals surface area contributed by atoms with E-state index in [1.54, 1.807) is 12.1 Å². The highest BCUT2D eigenvalue weighted by molar-refractivity contribution is 7.50. The molecule has 0 aliphatic rings. The molecule has 0 aliphatic heterocycles. The first-order chi connectivity index (χ1) is 17.3. The van der Waals surface area contributed by atoms with Crippen molar-refractivity contribution in [1.29, 1.82) is 0 Å².